The lowest BCUT2D eigenvalue weighted by molar-refractivity contribution is -0.122. The molecule has 0 aromatic rings. The maximum Gasteiger partial charge on any atom is 0.220 e. The van der Waals surface area contributed by atoms with E-state index >= 15 is 0 Å². The minimum absolute atomic E-state index is 0.177. The van der Waals surface area contributed by atoms with Crippen LogP contribution in [0.3, 0.4) is 0 Å². The van der Waals surface area contributed by atoms with Crippen molar-refractivity contribution in [3.05, 3.63) is 0 Å². The van der Waals surface area contributed by atoms with Gasteiger partial charge in [0.25, 0.3) is 0 Å². The Balaban J connectivity index is 1.54. The predicted molar refractivity (Wildman–Crippen MR) is 71.5 cm³/mol. The molecule has 2 heterocycles. The van der Waals surface area contributed by atoms with Gasteiger partial charge in [-0.1, -0.05) is 6.42 Å². The minimum atomic E-state index is 0.177. The molecule has 1 amide bonds. The van der Waals surface area contributed by atoms with E-state index in [1.807, 2.05) is 0 Å². The lowest BCUT2D eigenvalue weighted by atomic mass is 10.0. The van der Waals surface area contributed by atoms with Gasteiger partial charge in [-0.05, 0) is 45.1 Å². The molecule has 0 spiro atoms. The molecule has 0 aliphatic carbocycles. The molecule has 0 aromatic heterocycles. The standard InChI is InChI=1S/C14H26N2O2/c17-14(8-7-12-5-1-3-9-15-12)16-11-13-6-2-4-10-18-13/h12-13,15H,1-11H2,(H,16,17). The van der Waals surface area contributed by atoms with Crippen LogP contribution in [0.1, 0.15) is 51.4 Å². The Labute approximate surface area is 110 Å². The highest BCUT2D eigenvalue weighted by molar-refractivity contribution is 5.75. The molecule has 0 saturated carbocycles. The average Bonchev–Trinajstić information content (AvgIpc) is 2.45. The fourth-order valence-electron chi connectivity index (χ4n) is 2.76. The monoisotopic (exact) mass is 254 g/mol. The number of carbonyl (C=O) groups is 1. The molecule has 2 saturated heterocycles. The summed E-state index contributed by atoms with van der Waals surface area (Å²) in [5.41, 5.74) is 0. The highest BCUT2D eigenvalue weighted by Gasteiger charge is 2.16. The summed E-state index contributed by atoms with van der Waals surface area (Å²) in [6, 6.07) is 0.551. The molecular formula is C14H26N2O2. The van der Waals surface area contributed by atoms with Crippen molar-refractivity contribution < 1.29 is 9.53 Å². The van der Waals surface area contributed by atoms with Crippen LogP contribution in [-0.2, 0) is 9.53 Å². The van der Waals surface area contributed by atoms with Gasteiger partial charge in [0.05, 0.1) is 6.10 Å². The smallest absolute Gasteiger partial charge is 0.220 e. The molecule has 2 N–H and O–H groups in total. The third kappa shape index (κ3) is 4.94. The molecule has 0 radical (unpaired) electrons. The second-order valence-electron chi connectivity index (χ2n) is 5.48. The molecule has 2 rings (SSSR count). The Bertz CT molecular complexity index is 222. The molecule has 4 heteroatoms. The summed E-state index contributed by atoms with van der Waals surface area (Å²) in [7, 11) is 0. The highest BCUT2D eigenvalue weighted by atomic mass is 16.5. The first-order valence-electron chi connectivity index (χ1n) is 7.46. The number of hydrogen-bond donors (Lipinski definition) is 2. The Hall–Kier alpha value is -0.610. The van der Waals surface area contributed by atoms with E-state index in [0.29, 0.717) is 19.0 Å². The molecular weight excluding hydrogens is 228 g/mol. The first-order chi connectivity index (χ1) is 8.84. The molecule has 0 aromatic carbocycles. The quantitative estimate of drug-likeness (QED) is 0.783. The molecule has 2 atom stereocenters. The Morgan fingerprint density at radius 3 is 2.83 bits per heavy atom. The van der Waals surface area contributed by atoms with Crippen LogP contribution in [0.15, 0.2) is 0 Å². The van der Waals surface area contributed by atoms with E-state index in [0.717, 1.165) is 32.4 Å². The lowest BCUT2D eigenvalue weighted by Gasteiger charge is -2.24. The van der Waals surface area contributed by atoms with E-state index in [4.69, 9.17) is 4.74 Å². The number of hydrogen-bond acceptors (Lipinski definition) is 3. The number of rotatable bonds is 5. The zero-order valence-corrected chi connectivity index (χ0v) is 11.2. The van der Waals surface area contributed by atoms with E-state index in [-0.39, 0.29) is 12.0 Å². The lowest BCUT2D eigenvalue weighted by Crippen LogP contribution is -2.38. The van der Waals surface area contributed by atoms with Gasteiger partial charge in [0.15, 0.2) is 0 Å². The summed E-state index contributed by atoms with van der Waals surface area (Å²) in [6.45, 7) is 2.66. The summed E-state index contributed by atoms with van der Waals surface area (Å²) >= 11 is 0. The number of piperidine rings is 1. The molecule has 4 nitrogen and oxygen atoms in total. The van der Waals surface area contributed by atoms with Crippen molar-refractivity contribution >= 4 is 5.91 Å². The van der Waals surface area contributed by atoms with Gasteiger partial charge in [0.2, 0.25) is 5.91 Å². The van der Waals surface area contributed by atoms with Crippen molar-refractivity contribution in [2.24, 2.45) is 0 Å². The van der Waals surface area contributed by atoms with E-state index in [2.05, 4.69) is 10.6 Å². The predicted octanol–water partition coefficient (Wildman–Crippen LogP) is 1.59. The van der Waals surface area contributed by atoms with Crippen LogP contribution < -0.4 is 10.6 Å². The van der Waals surface area contributed by atoms with Gasteiger partial charge >= 0.3 is 0 Å². The molecule has 2 aliphatic heterocycles. The molecule has 2 fully saturated rings. The summed E-state index contributed by atoms with van der Waals surface area (Å²) < 4.78 is 5.60. The van der Waals surface area contributed by atoms with Crippen LogP contribution in [0.5, 0.6) is 0 Å². The second-order valence-corrected chi connectivity index (χ2v) is 5.48. The van der Waals surface area contributed by atoms with Crippen molar-refractivity contribution in [1.29, 1.82) is 0 Å². The average molecular weight is 254 g/mol. The minimum Gasteiger partial charge on any atom is -0.376 e. The van der Waals surface area contributed by atoms with Crippen LogP contribution in [-0.4, -0.2) is 37.7 Å². The number of ether oxygens (including phenoxy) is 1. The zero-order valence-electron chi connectivity index (χ0n) is 11.2. The summed E-state index contributed by atoms with van der Waals surface area (Å²) in [6.07, 6.45) is 9.14. The van der Waals surface area contributed by atoms with Crippen LogP contribution in [0.4, 0.5) is 0 Å². The van der Waals surface area contributed by atoms with E-state index < -0.39 is 0 Å². The molecule has 18 heavy (non-hydrogen) atoms. The fraction of sp³-hybridized carbons (Fsp3) is 0.929. The Morgan fingerprint density at radius 2 is 2.11 bits per heavy atom. The molecule has 2 unspecified atom stereocenters. The van der Waals surface area contributed by atoms with Crippen LogP contribution >= 0.6 is 0 Å². The van der Waals surface area contributed by atoms with Crippen molar-refractivity contribution in [2.45, 2.75) is 63.5 Å². The third-order valence-corrected chi connectivity index (χ3v) is 3.93. The molecule has 104 valence electrons. The fourth-order valence-corrected chi connectivity index (χ4v) is 2.76. The van der Waals surface area contributed by atoms with Gasteiger partial charge in [0, 0.05) is 25.6 Å². The van der Waals surface area contributed by atoms with E-state index in [1.165, 1.54) is 25.7 Å². The second kappa shape index (κ2) is 7.74. The third-order valence-electron chi connectivity index (χ3n) is 3.93. The summed E-state index contributed by atoms with van der Waals surface area (Å²) in [5.74, 6) is 0.177. The normalized spacial score (nSPS) is 28.9. The van der Waals surface area contributed by atoms with Crippen LogP contribution in [0.2, 0.25) is 0 Å². The molecule has 0 bridgehead atoms. The van der Waals surface area contributed by atoms with Gasteiger partial charge in [-0.3, -0.25) is 4.79 Å². The van der Waals surface area contributed by atoms with Gasteiger partial charge in [-0.15, -0.1) is 0 Å². The van der Waals surface area contributed by atoms with Crippen molar-refractivity contribution in [1.82, 2.24) is 10.6 Å². The van der Waals surface area contributed by atoms with E-state index in [1.54, 1.807) is 0 Å². The maximum atomic E-state index is 11.7. The number of carbonyl (C=O) groups excluding carboxylic acids is 1. The van der Waals surface area contributed by atoms with Gasteiger partial charge in [-0.2, -0.15) is 0 Å². The largest absolute Gasteiger partial charge is 0.376 e. The van der Waals surface area contributed by atoms with Gasteiger partial charge < -0.3 is 15.4 Å². The van der Waals surface area contributed by atoms with Gasteiger partial charge in [0.1, 0.15) is 0 Å². The van der Waals surface area contributed by atoms with Crippen molar-refractivity contribution in [3.63, 3.8) is 0 Å². The highest BCUT2D eigenvalue weighted by Crippen LogP contribution is 2.13. The SMILES string of the molecule is O=C(CCC1CCCCN1)NCC1CCCCO1. The van der Waals surface area contributed by atoms with E-state index in [9.17, 15) is 4.79 Å². The first-order valence-corrected chi connectivity index (χ1v) is 7.46. The topological polar surface area (TPSA) is 50.4 Å². The van der Waals surface area contributed by atoms with Crippen LogP contribution in [0.25, 0.3) is 0 Å². The first kappa shape index (κ1) is 13.8. The van der Waals surface area contributed by atoms with Crippen molar-refractivity contribution in [3.8, 4) is 0 Å². The Kier molecular flexibility index (Phi) is 5.94. The number of amides is 1. The van der Waals surface area contributed by atoms with Crippen LogP contribution in [0, 0.1) is 0 Å². The Morgan fingerprint density at radius 1 is 1.22 bits per heavy atom. The summed E-state index contributed by atoms with van der Waals surface area (Å²) in [5, 5.41) is 6.48. The number of nitrogens with one attached hydrogen (secondary N) is 2. The van der Waals surface area contributed by atoms with Gasteiger partial charge in [-0.25, -0.2) is 0 Å². The molecule has 2 aliphatic rings. The zero-order chi connectivity index (χ0) is 12.6. The summed E-state index contributed by atoms with van der Waals surface area (Å²) in [4.78, 5) is 11.7. The maximum absolute atomic E-state index is 11.7. The van der Waals surface area contributed by atoms with Crippen molar-refractivity contribution in [2.75, 3.05) is 19.7 Å².